The highest BCUT2D eigenvalue weighted by atomic mass is 79.9. The Morgan fingerprint density at radius 1 is 1.50 bits per heavy atom. The van der Waals surface area contributed by atoms with Crippen LogP contribution in [-0.2, 0) is 16.1 Å². The number of ether oxygens (including phenoxy) is 2. The fourth-order valence-electron chi connectivity index (χ4n) is 1.11. The molecule has 1 rings (SSSR count). The van der Waals surface area contributed by atoms with Gasteiger partial charge in [0.05, 0.1) is 31.2 Å². The normalized spacial score (nSPS) is 9.94. The summed E-state index contributed by atoms with van der Waals surface area (Å²) in [6, 6.07) is 5.28. The van der Waals surface area contributed by atoms with Gasteiger partial charge in [-0.25, -0.2) is 0 Å². The summed E-state index contributed by atoms with van der Waals surface area (Å²) >= 11 is 3.32. The van der Waals surface area contributed by atoms with Crippen LogP contribution in [0.4, 0.5) is 0 Å². The molecule has 0 fully saturated rings. The lowest BCUT2D eigenvalue weighted by Gasteiger charge is -2.08. The minimum atomic E-state index is -0.303. The molecular formula is C11H13BrO4. The average Bonchev–Trinajstić information content (AvgIpc) is 2.30. The summed E-state index contributed by atoms with van der Waals surface area (Å²) in [4.78, 5) is 10.8. The molecule has 1 aromatic carbocycles. The minimum absolute atomic E-state index is 0.0129. The SMILES string of the molecule is COC(=O)CCOc1ccc(CO)cc1Br. The van der Waals surface area contributed by atoms with Crippen molar-refractivity contribution in [2.24, 2.45) is 0 Å². The molecule has 0 aliphatic heterocycles. The van der Waals surface area contributed by atoms with E-state index in [1.165, 1.54) is 7.11 Å². The second-order valence-corrected chi connectivity index (χ2v) is 3.95. The van der Waals surface area contributed by atoms with E-state index >= 15 is 0 Å². The molecule has 4 nitrogen and oxygen atoms in total. The first kappa shape index (κ1) is 13.0. The summed E-state index contributed by atoms with van der Waals surface area (Å²) in [6.07, 6.45) is 0.213. The first-order valence-corrected chi connectivity index (χ1v) is 5.55. The predicted molar refractivity (Wildman–Crippen MR) is 62.2 cm³/mol. The van der Waals surface area contributed by atoms with Gasteiger partial charge in [-0.2, -0.15) is 0 Å². The quantitative estimate of drug-likeness (QED) is 0.841. The van der Waals surface area contributed by atoms with E-state index in [9.17, 15) is 4.79 Å². The van der Waals surface area contributed by atoms with Crippen molar-refractivity contribution >= 4 is 21.9 Å². The number of rotatable bonds is 5. The van der Waals surface area contributed by atoms with Crippen molar-refractivity contribution in [3.63, 3.8) is 0 Å². The van der Waals surface area contributed by atoms with Gasteiger partial charge in [-0.1, -0.05) is 6.07 Å². The molecule has 0 saturated heterocycles. The molecule has 0 saturated carbocycles. The molecule has 0 radical (unpaired) electrons. The molecule has 0 heterocycles. The van der Waals surface area contributed by atoms with Gasteiger partial charge in [0, 0.05) is 0 Å². The van der Waals surface area contributed by atoms with E-state index < -0.39 is 0 Å². The largest absolute Gasteiger partial charge is 0.492 e. The van der Waals surface area contributed by atoms with Crippen LogP contribution in [0.1, 0.15) is 12.0 Å². The average molecular weight is 289 g/mol. The smallest absolute Gasteiger partial charge is 0.308 e. The monoisotopic (exact) mass is 288 g/mol. The molecule has 0 aromatic heterocycles. The molecular weight excluding hydrogens is 276 g/mol. The van der Waals surface area contributed by atoms with Crippen LogP contribution in [0.5, 0.6) is 5.75 Å². The second kappa shape index (κ2) is 6.50. The van der Waals surface area contributed by atoms with E-state index in [-0.39, 0.29) is 25.6 Å². The maximum absolute atomic E-state index is 10.8. The van der Waals surface area contributed by atoms with E-state index in [0.29, 0.717) is 5.75 Å². The Labute approximate surface area is 102 Å². The van der Waals surface area contributed by atoms with E-state index in [1.807, 2.05) is 0 Å². The first-order valence-electron chi connectivity index (χ1n) is 4.76. The van der Waals surface area contributed by atoms with Crippen LogP contribution in [-0.4, -0.2) is 24.8 Å². The summed E-state index contributed by atoms with van der Waals surface area (Å²) in [5, 5.41) is 8.91. The van der Waals surface area contributed by atoms with Crippen LogP contribution >= 0.6 is 15.9 Å². The molecule has 0 atom stereocenters. The molecule has 0 aliphatic carbocycles. The number of hydrogen-bond donors (Lipinski definition) is 1. The van der Waals surface area contributed by atoms with Crippen LogP contribution < -0.4 is 4.74 Å². The van der Waals surface area contributed by atoms with Crippen molar-refractivity contribution in [1.82, 2.24) is 0 Å². The topological polar surface area (TPSA) is 55.8 Å². The van der Waals surface area contributed by atoms with Gasteiger partial charge in [0.25, 0.3) is 0 Å². The molecule has 88 valence electrons. The Bertz CT molecular complexity index is 365. The number of halogens is 1. The fraction of sp³-hybridized carbons (Fsp3) is 0.364. The molecule has 0 amide bonds. The lowest BCUT2D eigenvalue weighted by atomic mass is 10.2. The molecule has 0 spiro atoms. The van der Waals surface area contributed by atoms with Gasteiger partial charge >= 0.3 is 5.97 Å². The van der Waals surface area contributed by atoms with Crippen molar-refractivity contribution in [3.05, 3.63) is 28.2 Å². The number of hydrogen-bond acceptors (Lipinski definition) is 4. The summed E-state index contributed by atoms with van der Waals surface area (Å²) < 4.78 is 10.6. The van der Waals surface area contributed by atoms with Gasteiger partial charge in [-0.15, -0.1) is 0 Å². The number of carbonyl (C=O) groups is 1. The zero-order valence-corrected chi connectivity index (χ0v) is 10.5. The van der Waals surface area contributed by atoms with Crippen LogP contribution in [0, 0.1) is 0 Å². The highest BCUT2D eigenvalue weighted by molar-refractivity contribution is 9.10. The molecule has 0 aliphatic rings. The van der Waals surface area contributed by atoms with Crippen molar-refractivity contribution in [2.75, 3.05) is 13.7 Å². The number of benzene rings is 1. The van der Waals surface area contributed by atoms with Crippen molar-refractivity contribution in [1.29, 1.82) is 0 Å². The van der Waals surface area contributed by atoms with Crippen molar-refractivity contribution in [3.8, 4) is 5.75 Å². The Morgan fingerprint density at radius 2 is 2.25 bits per heavy atom. The lowest BCUT2D eigenvalue weighted by molar-refractivity contribution is -0.141. The zero-order chi connectivity index (χ0) is 12.0. The number of esters is 1. The first-order chi connectivity index (χ1) is 7.67. The van der Waals surface area contributed by atoms with Gasteiger partial charge in [-0.3, -0.25) is 4.79 Å². The minimum Gasteiger partial charge on any atom is -0.492 e. The predicted octanol–water partition coefficient (Wildman–Crippen LogP) is 1.88. The van der Waals surface area contributed by atoms with Gasteiger partial charge in [0.1, 0.15) is 5.75 Å². The standard InChI is InChI=1S/C11H13BrO4/c1-15-11(14)4-5-16-10-3-2-8(7-13)6-9(10)12/h2-3,6,13H,4-5,7H2,1H3. The Morgan fingerprint density at radius 3 is 2.81 bits per heavy atom. The lowest BCUT2D eigenvalue weighted by Crippen LogP contribution is -2.07. The van der Waals surface area contributed by atoms with Gasteiger partial charge in [0.2, 0.25) is 0 Å². The second-order valence-electron chi connectivity index (χ2n) is 3.10. The Hall–Kier alpha value is -1.07. The maximum atomic E-state index is 10.8. The molecule has 1 aromatic rings. The van der Waals surface area contributed by atoms with E-state index in [0.717, 1.165) is 10.0 Å². The molecule has 0 bridgehead atoms. The summed E-state index contributed by atoms with van der Waals surface area (Å²) in [7, 11) is 1.34. The van der Waals surface area contributed by atoms with E-state index in [2.05, 4.69) is 20.7 Å². The number of aliphatic hydroxyl groups is 1. The van der Waals surface area contributed by atoms with Crippen molar-refractivity contribution in [2.45, 2.75) is 13.0 Å². The Kier molecular flexibility index (Phi) is 5.28. The molecule has 0 unspecified atom stereocenters. The number of methoxy groups -OCH3 is 1. The van der Waals surface area contributed by atoms with Crippen molar-refractivity contribution < 1.29 is 19.4 Å². The number of carbonyl (C=O) groups excluding carboxylic acids is 1. The van der Waals surface area contributed by atoms with Crippen LogP contribution in [0.3, 0.4) is 0 Å². The summed E-state index contributed by atoms with van der Waals surface area (Å²) in [5.74, 6) is 0.337. The van der Waals surface area contributed by atoms with Gasteiger partial charge in [-0.05, 0) is 33.6 Å². The third kappa shape index (κ3) is 3.83. The molecule has 5 heteroatoms. The molecule has 1 N–H and O–H groups in total. The van der Waals surface area contributed by atoms with E-state index in [4.69, 9.17) is 9.84 Å². The highest BCUT2D eigenvalue weighted by Gasteiger charge is 2.04. The zero-order valence-electron chi connectivity index (χ0n) is 8.90. The van der Waals surface area contributed by atoms with Gasteiger partial charge < -0.3 is 14.6 Å². The molecule has 16 heavy (non-hydrogen) atoms. The van der Waals surface area contributed by atoms with Crippen LogP contribution in [0.15, 0.2) is 22.7 Å². The maximum Gasteiger partial charge on any atom is 0.308 e. The third-order valence-electron chi connectivity index (χ3n) is 1.97. The fourth-order valence-corrected chi connectivity index (χ4v) is 1.65. The third-order valence-corrected chi connectivity index (χ3v) is 2.59. The van der Waals surface area contributed by atoms with Crippen LogP contribution in [0.2, 0.25) is 0 Å². The summed E-state index contributed by atoms with van der Waals surface area (Å²) in [6.45, 7) is 0.255. The van der Waals surface area contributed by atoms with Crippen LogP contribution in [0.25, 0.3) is 0 Å². The summed E-state index contributed by atoms with van der Waals surface area (Å²) in [5.41, 5.74) is 0.798. The van der Waals surface area contributed by atoms with Gasteiger partial charge in [0.15, 0.2) is 0 Å². The number of aliphatic hydroxyl groups excluding tert-OH is 1. The highest BCUT2D eigenvalue weighted by Crippen LogP contribution is 2.26. The van der Waals surface area contributed by atoms with E-state index in [1.54, 1.807) is 18.2 Å². The Balaban J connectivity index is 2.51.